The van der Waals surface area contributed by atoms with Crippen LogP contribution >= 0.6 is 38.9 Å². The zero-order chi connectivity index (χ0) is 11.8. The molecule has 2 atom stereocenters. The maximum atomic E-state index is 6.08. The van der Waals surface area contributed by atoms with Crippen molar-refractivity contribution >= 4 is 38.9 Å². The van der Waals surface area contributed by atoms with Gasteiger partial charge in [0.2, 0.25) is 0 Å². The van der Waals surface area contributed by atoms with Crippen molar-refractivity contribution in [1.29, 1.82) is 0 Å². The summed E-state index contributed by atoms with van der Waals surface area (Å²) in [6.07, 6.45) is 2.64. The number of likely N-dealkylation sites (tertiary alicyclic amines) is 1. The highest BCUT2D eigenvalue weighted by Crippen LogP contribution is 2.33. The number of rotatable bonds is 2. The SMILES string of the molecule is Clc1sc(CN2CCC3NCCC3C2)cc1Br. The first-order valence-electron chi connectivity index (χ1n) is 6.12. The Balaban J connectivity index is 1.62. The van der Waals surface area contributed by atoms with Gasteiger partial charge in [-0.05, 0) is 47.3 Å². The molecule has 2 aliphatic rings. The summed E-state index contributed by atoms with van der Waals surface area (Å²) in [6, 6.07) is 2.94. The van der Waals surface area contributed by atoms with Crippen molar-refractivity contribution in [1.82, 2.24) is 10.2 Å². The molecule has 1 aromatic rings. The van der Waals surface area contributed by atoms with Crippen LogP contribution in [0.5, 0.6) is 0 Å². The molecule has 17 heavy (non-hydrogen) atoms. The molecule has 0 radical (unpaired) electrons. The minimum atomic E-state index is 0.782. The van der Waals surface area contributed by atoms with Gasteiger partial charge in [0.05, 0.1) is 0 Å². The van der Waals surface area contributed by atoms with Gasteiger partial charge < -0.3 is 5.32 Å². The number of fused-ring (bicyclic) bond motifs is 1. The molecule has 2 aliphatic heterocycles. The van der Waals surface area contributed by atoms with Crippen LogP contribution in [0.3, 0.4) is 0 Å². The first-order valence-corrected chi connectivity index (χ1v) is 8.10. The fourth-order valence-corrected chi connectivity index (χ4v) is 4.79. The maximum Gasteiger partial charge on any atom is 0.107 e. The van der Waals surface area contributed by atoms with Crippen molar-refractivity contribution in [2.45, 2.75) is 25.4 Å². The van der Waals surface area contributed by atoms with Crippen LogP contribution < -0.4 is 5.32 Å². The molecule has 0 amide bonds. The van der Waals surface area contributed by atoms with Gasteiger partial charge in [0.25, 0.3) is 0 Å². The zero-order valence-corrected chi connectivity index (χ0v) is 12.7. The standard InChI is InChI=1S/C12H16BrClN2S/c13-10-5-9(17-12(10)14)7-16-4-2-11-8(6-16)1-3-15-11/h5,8,11,15H,1-4,6-7H2. The van der Waals surface area contributed by atoms with Crippen molar-refractivity contribution in [2.24, 2.45) is 5.92 Å². The summed E-state index contributed by atoms with van der Waals surface area (Å²) >= 11 is 11.2. The lowest BCUT2D eigenvalue weighted by molar-refractivity contribution is 0.157. The number of halogens is 2. The van der Waals surface area contributed by atoms with Gasteiger partial charge in [-0.25, -0.2) is 0 Å². The Bertz CT molecular complexity index is 390. The Hall–Kier alpha value is 0.390. The Labute approximate surface area is 119 Å². The minimum absolute atomic E-state index is 0.782. The lowest BCUT2D eigenvalue weighted by Crippen LogP contribution is -2.43. The predicted molar refractivity (Wildman–Crippen MR) is 76.8 cm³/mol. The largest absolute Gasteiger partial charge is 0.314 e. The van der Waals surface area contributed by atoms with Crippen LogP contribution in [0, 0.1) is 5.92 Å². The molecule has 0 spiro atoms. The topological polar surface area (TPSA) is 15.3 Å². The average Bonchev–Trinajstić information content (AvgIpc) is 2.86. The summed E-state index contributed by atoms with van der Waals surface area (Å²) in [5.74, 6) is 0.864. The molecule has 0 aromatic carbocycles. The van der Waals surface area contributed by atoms with Gasteiger partial charge in [0.1, 0.15) is 4.34 Å². The molecule has 0 bridgehead atoms. The van der Waals surface area contributed by atoms with E-state index in [4.69, 9.17) is 11.6 Å². The van der Waals surface area contributed by atoms with E-state index in [1.54, 1.807) is 11.3 Å². The zero-order valence-electron chi connectivity index (χ0n) is 9.59. The average molecular weight is 336 g/mol. The Morgan fingerprint density at radius 2 is 2.41 bits per heavy atom. The van der Waals surface area contributed by atoms with Gasteiger partial charge in [-0.2, -0.15) is 0 Å². The van der Waals surface area contributed by atoms with Gasteiger partial charge in [0, 0.05) is 35.0 Å². The van der Waals surface area contributed by atoms with Crippen molar-refractivity contribution in [3.63, 3.8) is 0 Å². The van der Waals surface area contributed by atoms with Crippen LogP contribution in [-0.2, 0) is 6.54 Å². The summed E-state index contributed by atoms with van der Waals surface area (Å²) in [5, 5.41) is 3.60. The van der Waals surface area contributed by atoms with Gasteiger partial charge >= 0.3 is 0 Å². The third-order valence-electron chi connectivity index (χ3n) is 3.82. The van der Waals surface area contributed by atoms with Crippen LogP contribution in [0.15, 0.2) is 10.5 Å². The maximum absolute atomic E-state index is 6.08. The third kappa shape index (κ3) is 2.71. The van der Waals surface area contributed by atoms with E-state index < -0.39 is 0 Å². The molecule has 5 heteroatoms. The summed E-state index contributed by atoms with van der Waals surface area (Å²) in [4.78, 5) is 3.94. The number of nitrogens with zero attached hydrogens (tertiary/aromatic N) is 1. The smallest absolute Gasteiger partial charge is 0.107 e. The number of hydrogen-bond donors (Lipinski definition) is 1. The molecular formula is C12H16BrClN2S. The molecule has 1 N–H and O–H groups in total. The summed E-state index contributed by atoms with van der Waals surface area (Å²) < 4.78 is 1.91. The van der Waals surface area contributed by atoms with Crippen LogP contribution in [-0.4, -0.2) is 30.6 Å². The van der Waals surface area contributed by atoms with Crippen LogP contribution in [0.4, 0.5) is 0 Å². The second-order valence-electron chi connectivity index (χ2n) is 4.97. The van der Waals surface area contributed by atoms with E-state index in [-0.39, 0.29) is 0 Å². The third-order valence-corrected chi connectivity index (χ3v) is 6.27. The fraction of sp³-hybridized carbons (Fsp3) is 0.667. The molecule has 0 saturated carbocycles. The van der Waals surface area contributed by atoms with Gasteiger partial charge in [-0.1, -0.05) is 11.6 Å². The van der Waals surface area contributed by atoms with Crippen molar-refractivity contribution in [3.8, 4) is 0 Å². The quantitative estimate of drug-likeness (QED) is 0.891. The van der Waals surface area contributed by atoms with E-state index in [0.29, 0.717) is 0 Å². The van der Waals surface area contributed by atoms with E-state index in [9.17, 15) is 0 Å². The highest BCUT2D eigenvalue weighted by Gasteiger charge is 2.32. The molecule has 1 aromatic heterocycles. The summed E-state index contributed by atoms with van der Waals surface area (Å²) in [5.41, 5.74) is 0. The molecule has 2 saturated heterocycles. The van der Waals surface area contributed by atoms with Crippen LogP contribution in [0.2, 0.25) is 4.34 Å². The Morgan fingerprint density at radius 3 is 3.18 bits per heavy atom. The highest BCUT2D eigenvalue weighted by molar-refractivity contribution is 9.10. The van der Waals surface area contributed by atoms with Gasteiger partial charge in [0.15, 0.2) is 0 Å². The van der Waals surface area contributed by atoms with E-state index in [1.807, 2.05) is 0 Å². The number of hydrogen-bond acceptors (Lipinski definition) is 3. The normalized spacial score (nSPS) is 29.5. The van der Waals surface area contributed by atoms with E-state index in [1.165, 1.54) is 37.4 Å². The second kappa shape index (κ2) is 5.17. The lowest BCUT2D eigenvalue weighted by atomic mass is 9.93. The second-order valence-corrected chi connectivity index (χ2v) is 7.56. The molecule has 2 fully saturated rings. The van der Waals surface area contributed by atoms with Crippen LogP contribution in [0.1, 0.15) is 17.7 Å². The van der Waals surface area contributed by atoms with Crippen molar-refractivity contribution in [3.05, 3.63) is 19.8 Å². The number of piperidine rings is 1. The first kappa shape index (κ1) is 12.4. The van der Waals surface area contributed by atoms with E-state index >= 15 is 0 Å². The Morgan fingerprint density at radius 1 is 1.53 bits per heavy atom. The molecule has 0 aliphatic carbocycles. The molecular weight excluding hydrogens is 320 g/mol. The van der Waals surface area contributed by atoms with E-state index in [0.717, 1.165) is 27.3 Å². The molecule has 94 valence electrons. The first-order chi connectivity index (χ1) is 8.22. The molecule has 2 unspecified atom stereocenters. The lowest BCUT2D eigenvalue weighted by Gasteiger charge is -2.34. The van der Waals surface area contributed by atoms with Gasteiger partial charge in [-0.3, -0.25) is 4.90 Å². The summed E-state index contributed by atoms with van der Waals surface area (Å²) in [6.45, 7) is 4.71. The fourth-order valence-electron chi connectivity index (χ4n) is 2.96. The number of thiophene rings is 1. The summed E-state index contributed by atoms with van der Waals surface area (Å²) in [7, 11) is 0. The highest BCUT2D eigenvalue weighted by atomic mass is 79.9. The van der Waals surface area contributed by atoms with Crippen LogP contribution in [0.25, 0.3) is 0 Å². The Kier molecular flexibility index (Phi) is 3.78. The molecule has 3 heterocycles. The van der Waals surface area contributed by atoms with E-state index in [2.05, 4.69) is 32.2 Å². The van der Waals surface area contributed by atoms with Crippen molar-refractivity contribution < 1.29 is 0 Å². The molecule has 3 rings (SSSR count). The number of nitrogens with one attached hydrogen (secondary N) is 1. The van der Waals surface area contributed by atoms with Gasteiger partial charge in [-0.15, -0.1) is 11.3 Å². The monoisotopic (exact) mass is 334 g/mol. The van der Waals surface area contributed by atoms with Crippen molar-refractivity contribution in [2.75, 3.05) is 19.6 Å². The predicted octanol–water partition coefficient (Wildman–Crippen LogP) is 3.35. The minimum Gasteiger partial charge on any atom is -0.314 e. The molecule has 2 nitrogen and oxygen atoms in total.